The number of hydrogen-bond acceptors (Lipinski definition) is 5. The van der Waals surface area contributed by atoms with Crippen molar-refractivity contribution < 1.29 is 9.84 Å². The Labute approximate surface area is 99.2 Å². The van der Waals surface area contributed by atoms with Crippen molar-refractivity contribution in [3.63, 3.8) is 0 Å². The third-order valence-corrected chi connectivity index (χ3v) is 2.32. The van der Waals surface area contributed by atoms with Gasteiger partial charge in [0.15, 0.2) is 5.65 Å². The van der Waals surface area contributed by atoms with Crippen molar-refractivity contribution in [2.45, 2.75) is 6.92 Å². The average molecular weight is 236 g/mol. The highest BCUT2D eigenvalue weighted by Gasteiger charge is 2.03. The van der Waals surface area contributed by atoms with Crippen molar-refractivity contribution in [3.8, 4) is 0 Å². The van der Waals surface area contributed by atoms with Crippen LogP contribution in [0, 0.1) is 6.92 Å². The summed E-state index contributed by atoms with van der Waals surface area (Å²) in [5.74, 6) is 0.590. The molecule has 0 aliphatic carbocycles. The van der Waals surface area contributed by atoms with E-state index in [-0.39, 0.29) is 6.61 Å². The van der Waals surface area contributed by atoms with E-state index < -0.39 is 0 Å². The standard InChI is InChI=1S/C11H16N4O2/c1-9-3-2-5-15-10(9)13-11(14-15)12-4-7-17-8-6-16/h2-3,5,16H,4,6-8H2,1H3,(H,12,14). The molecule has 17 heavy (non-hydrogen) atoms. The lowest BCUT2D eigenvalue weighted by atomic mass is 10.3. The number of nitrogens with zero attached hydrogens (tertiary/aromatic N) is 3. The first-order valence-electron chi connectivity index (χ1n) is 5.56. The van der Waals surface area contributed by atoms with Gasteiger partial charge in [-0.15, -0.1) is 5.10 Å². The molecule has 0 radical (unpaired) electrons. The van der Waals surface area contributed by atoms with Crippen LogP contribution in [0.3, 0.4) is 0 Å². The number of anilines is 1. The highest BCUT2D eigenvalue weighted by atomic mass is 16.5. The molecule has 2 N–H and O–H groups in total. The van der Waals surface area contributed by atoms with Crippen molar-refractivity contribution >= 4 is 11.6 Å². The molecular weight excluding hydrogens is 220 g/mol. The van der Waals surface area contributed by atoms with E-state index in [0.717, 1.165) is 11.2 Å². The molecule has 2 aromatic heterocycles. The minimum Gasteiger partial charge on any atom is -0.394 e. The first kappa shape index (κ1) is 11.8. The maximum atomic E-state index is 8.53. The minimum atomic E-state index is 0.0474. The van der Waals surface area contributed by atoms with Gasteiger partial charge in [-0.25, -0.2) is 4.52 Å². The fraction of sp³-hybridized carbons (Fsp3) is 0.455. The molecule has 0 saturated carbocycles. The maximum Gasteiger partial charge on any atom is 0.243 e. The molecule has 6 nitrogen and oxygen atoms in total. The van der Waals surface area contributed by atoms with E-state index in [1.807, 2.05) is 25.3 Å². The van der Waals surface area contributed by atoms with Crippen molar-refractivity contribution in [2.24, 2.45) is 0 Å². The Morgan fingerprint density at radius 1 is 1.47 bits per heavy atom. The predicted molar refractivity (Wildman–Crippen MR) is 64.1 cm³/mol. The van der Waals surface area contributed by atoms with Crippen LogP contribution in [-0.4, -0.2) is 46.1 Å². The molecule has 2 rings (SSSR count). The number of aliphatic hydroxyl groups excluding tert-OH is 1. The number of aliphatic hydroxyl groups is 1. The Kier molecular flexibility index (Phi) is 3.89. The summed E-state index contributed by atoms with van der Waals surface area (Å²) in [7, 11) is 0. The van der Waals surface area contributed by atoms with Crippen LogP contribution in [0.15, 0.2) is 18.3 Å². The van der Waals surface area contributed by atoms with Crippen LogP contribution in [0.1, 0.15) is 5.56 Å². The molecule has 0 amide bonds. The summed E-state index contributed by atoms with van der Waals surface area (Å²) in [6.07, 6.45) is 1.86. The zero-order valence-electron chi connectivity index (χ0n) is 9.76. The second-order valence-corrected chi connectivity index (χ2v) is 3.66. The first-order valence-corrected chi connectivity index (χ1v) is 5.56. The number of nitrogens with one attached hydrogen (secondary N) is 1. The Balaban J connectivity index is 1.93. The van der Waals surface area contributed by atoms with E-state index in [0.29, 0.717) is 25.7 Å². The summed E-state index contributed by atoms with van der Waals surface area (Å²) in [5.41, 5.74) is 1.94. The molecule has 0 aromatic carbocycles. The SMILES string of the molecule is Cc1cccn2nc(NCCOCCO)nc12. The van der Waals surface area contributed by atoms with Crippen LogP contribution < -0.4 is 5.32 Å². The van der Waals surface area contributed by atoms with Crippen LogP contribution >= 0.6 is 0 Å². The van der Waals surface area contributed by atoms with Gasteiger partial charge in [0.25, 0.3) is 0 Å². The van der Waals surface area contributed by atoms with Crippen molar-refractivity contribution in [2.75, 3.05) is 31.7 Å². The van der Waals surface area contributed by atoms with Gasteiger partial charge in [-0.2, -0.15) is 4.98 Å². The second kappa shape index (κ2) is 5.60. The third-order valence-electron chi connectivity index (χ3n) is 2.32. The molecule has 0 bridgehead atoms. The summed E-state index contributed by atoms with van der Waals surface area (Å²) < 4.78 is 6.87. The maximum absolute atomic E-state index is 8.53. The highest BCUT2D eigenvalue weighted by molar-refractivity contribution is 5.49. The Morgan fingerprint density at radius 2 is 2.35 bits per heavy atom. The highest BCUT2D eigenvalue weighted by Crippen LogP contribution is 2.09. The number of ether oxygens (including phenoxy) is 1. The van der Waals surface area contributed by atoms with Crippen molar-refractivity contribution in [1.29, 1.82) is 0 Å². The van der Waals surface area contributed by atoms with Gasteiger partial charge in [0.2, 0.25) is 5.95 Å². The molecule has 92 valence electrons. The fourth-order valence-electron chi connectivity index (χ4n) is 1.52. The first-order chi connectivity index (χ1) is 8.31. The van der Waals surface area contributed by atoms with Crippen LogP contribution in [0.5, 0.6) is 0 Å². The molecule has 2 aromatic rings. The molecule has 6 heteroatoms. The molecule has 0 saturated heterocycles. The van der Waals surface area contributed by atoms with Gasteiger partial charge in [0.1, 0.15) is 0 Å². The largest absolute Gasteiger partial charge is 0.394 e. The van der Waals surface area contributed by atoms with Crippen LogP contribution in [0.4, 0.5) is 5.95 Å². The molecule has 0 aliphatic heterocycles. The van der Waals surface area contributed by atoms with Crippen LogP contribution in [0.2, 0.25) is 0 Å². The Hall–Kier alpha value is -1.66. The Bertz CT molecular complexity index is 483. The molecule has 0 spiro atoms. The molecular formula is C11H16N4O2. The lowest BCUT2D eigenvalue weighted by molar-refractivity contribution is 0.0991. The summed E-state index contributed by atoms with van der Waals surface area (Å²) in [4.78, 5) is 4.37. The molecule has 0 aliphatic rings. The normalized spacial score (nSPS) is 10.9. The second-order valence-electron chi connectivity index (χ2n) is 3.66. The summed E-state index contributed by atoms with van der Waals surface area (Å²) >= 11 is 0. The number of aromatic nitrogens is 3. The van der Waals surface area contributed by atoms with Gasteiger partial charge < -0.3 is 15.2 Å². The Morgan fingerprint density at radius 3 is 3.12 bits per heavy atom. The summed E-state index contributed by atoms with van der Waals surface area (Å²) in [6, 6.07) is 3.93. The number of pyridine rings is 1. The van der Waals surface area contributed by atoms with Crippen molar-refractivity contribution in [3.05, 3.63) is 23.9 Å². The predicted octanol–water partition coefficient (Wildman–Crippen LogP) is 0.459. The van der Waals surface area contributed by atoms with Crippen LogP contribution in [0.25, 0.3) is 5.65 Å². The summed E-state index contributed by atoms with van der Waals surface area (Å²) in [6.45, 7) is 3.55. The quantitative estimate of drug-likeness (QED) is 0.713. The van der Waals surface area contributed by atoms with Gasteiger partial charge in [-0.1, -0.05) is 6.07 Å². The van der Waals surface area contributed by atoms with E-state index in [1.54, 1.807) is 4.52 Å². The van der Waals surface area contributed by atoms with Gasteiger partial charge >= 0.3 is 0 Å². The molecule has 2 heterocycles. The van der Waals surface area contributed by atoms with Gasteiger partial charge in [0, 0.05) is 12.7 Å². The van der Waals surface area contributed by atoms with Gasteiger partial charge in [-0.05, 0) is 18.6 Å². The average Bonchev–Trinajstić information content (AvgIpc) is 2.73. The fourth-order valence-corrected chi connectivity index (χ4v) is 1.52. The van der Waals surface area contributed by atoms with E-state index in [2.05, 4.69) is 15.4 Å². The number of aryl methyl sites for hydroxylation is 1. The van der Waals surface area contributed by atoms with Gasteiger partial charge in [0.05, 0.1) is 19.8 Å². The van der Waals surface area contributed by atoms with Crippen LogP contribution in [-0.2, 0) is 4.74 Å². The lowest BCUT2D eigenvalue weighted by Gasteiger charge is -2.01. The van der Waals surface area contributed by atoms with Gasteiger partial charge in [-0.3, -0.25) is 0 Å². The third kappa shape index (κ3) is 2.92. The topological polar surface area (TPSA) is 71.7 Å². The number of hydrogen-bond donors (Lipinski definition) is 2. The monoisotopic (exact) mass is 236 g/mol. The molecule has 0 atom stereocenters. The number of fused-ring (bicyclic) bond motifs is 1. The minimum absolute atomic E-state index is 0.0474. The molecule has 0 unspecified atom stereocenters. The lowest BCUT2D eigenvalue weighted by Crippen LogP contribution is -2.12. The number of rotatable bonds is 6. The summed E-state index contributed by atoms with van der Waals surface area (Å²) in [5, 5.41) is 15.9. The van der Waals surface area contributed by atoms with Crippen molar-refractivity contribution in [1.82, 2.24) is 14.6 Å². The molecule has 0 fully saturated rings. The van der Waals surface area contributed by atoms with E-state index in [1.165, 1.54) is 0 Å². The smallest absolute Gasteiger partial charge is 0.243 e. The van der Waals surface area contributed by atoms with E-state index in [9.17, 15) is 0 Å². The zero-order chi connectivity index (χ0) is 12.1. The zero-order valence-corrected chi connectivity index (χ0v) is 9.76. The van der Waals surface area contributed by atoms with E-state index >= 15 is 0 Å². The van der Waals surface area contributed by atoms with E-state index in [4.69, 9.17) is 9.84 Å².